The van der Waals surface area contributed by atoms with Gasteiger partial charge in [-0.3, -0.25) is 0 Å². The van der Waals surface area contributed by atoms with E-state index in [1.807, 2.05) is 82.3 Å². The minimum atomic E-state index is 0. The van der Waals surface area contributed by atoms with Crippen molar-refractivity contribution in [2.75, 3.05) is 40.3 Å². The van der Waals surface area contributed by atoms with E-state index in [0.29, 0.717) is 0 Å². The molecule has 2 aliphatic heterocycles. The van der Waals surface area contributed by atoms with Crippen molar-refractivity contribution in [1.29, 1.82) is 0 Å². The fourth-order valence-electron chi connectivity index (χ4n) is 4.07. The van der Waals surface area contributed by atoms with Crippen molar-refractivity contribution < 1.29 is 0 Å². The molecule has 1 aromatic heterocycles. The summed E-state index contributed by atoms with van der Waals surface area (Å²) in [6.45, 7) is 21.6. The third kappa shape index (κ3) is 37.6. The second-order valence-electron chi connectivity index (χ2n) is 10.9. The maximum atomic E-state index is 2.39. The molecule has 0 unspecified atom stereocenters. The van der Waals surface area contributed by atoms with Crippen molar-refractivity contribution in [1.82, 2.24) is 16.0 Å². The molecule has 0 saturated carbocycles. The topological polar surface area (TPSA) is 41.5 Å². The van der Waals surface area contributed by atoms with Gasteiger partial charge in [0.15, 0.2) is 0 Å². The van der Waals surface area contributed by atoms with E-state index in [4.69, 9.17) is 0 Å². The smallest absolute Gasteiger partial charge is 0.00141 e. The van der Waals surface area contributed by atoms with Crippen molar-refractivity contribution in [3.05, 3.63) is 130 Å². The first-order valence-corrected chi connectivity index (χ1v) is 18.2. The van der Waals surface area contributed by atoms with Gasteiger partial charge in [0.05, 0.1) is 0 Å². The standard InChI is InChI=1S/3C7H8.2C6H13N.C5H6S.2C2H6.CH4.H3N/c5*1-7-5-3-2-4-6-7;1-5-3-2-4-6-5;2*1-2;;/h3*2-6H,1H3;2*2-6H2,1H3;2-4H,1H3;2*1-2H3;1H4;1H3. The molecule has 3 heterocycles. The number of aryl methyl sites for hydroxylation is 4. The summed E-state index contributed by atoms with van der Waals surface area (Å²) in [5.74, 6) is 0. The molecule has 0 amide bonds. The zero-order valence-corrected chi connectivity index (χ0v) is 32.3. The SMILES string of the molecule is C.CC.CC.CN1CCCCC1.CN1CCCCC1.Cc1ccccc1.Cc1ccccc1.Cc1ccccc1.Cc1cccs1.N. The Balaban J connectivity index is -0.000000229. The number of piperidine rings is 2. The van der Waals surface area contributed by atoms with Crippen LogP contribution in [0.1, 0.15) is 95.2 Å². The van der Waals surface area contributed by atoms with Crippen LogP contribution in [0.4, 0.5) is 0 Å². The Labute approximate surface area is 298 Å². The highest BCUT2D eigenvalue weighted by molar-refractivity contribution is 7.09. The highest BCUT2D eigenvalue weighted by Crippen LogP contribution is 2.05. The summed E-state index contributed by atoms with van der Waals surface area (Å²) >= 11 is 1.78. The van der Waals surface area contributed by atoms with Gasteiger partial charge in [0, 0.05) is 4.88 Å². The third-order valence-corrected chi connectivity index (χ3v) is 7.45. The van der Waals surface area contributed by atoms with Gasteiger partial charge in [-0.2, -0.15) is 0 Å². The fraction of sp³-hybridized carbons (Fsp3) is 0.488. The van der Waals surface area contributed by atoms with E-state index >= 15 is 0 Å². The lowest BCUT2D eigenvalue weighted by molar-refractivity contribution is 0.277. The van der Waals surface area contributed by atoms with Crippen LogP contribution in [0.2, 0.25) is 0 Å². The maximum absolute atomic E-state index is 2.39. The van der Waals surface area contributed by atoms with Gasteiger partial charge in [-0.25, -0.2) is 0 Å². The first-order chi connectivity index (χ1) is 21.9. The molecule has 3 aromatic carbocycles. The molecule has 4 heteroatoms. The Hall–Kier alpha value is -2.76. The van der Waals surface area contributed by atoms with Crippen LogP contribution >= 0.6 is 11.3 Å². The molecule has 0 bridgehead atoms. The van der Waals surface area contributed by atoms with Gasteiger partial charge in [-0.15, -0.1) is 11.3 Å². The summed E-state index contributed by atoms with van der Waals surface area (Å²) in [5, 5.41) is 2.08. The lowest BCUT2D eigenvalue weighted by atomic mass is 10.1. The number of thiophene rings is 1. The molecule has 2 saturated heterocycles. The summed E-state index contributed by atoms with van der Waals surface area (Å²) < 4.78 is 0. The maximum Gasteiger partial charge on any atom is 0.00141 e. The molecule has 3 N–H and O–H groups in total. The van der Waals surface area contributed by atoms with E-state index in [1.54, 1.807) is 11.3 Å². The quantitative estimate of drug-likeness (QED) is 0.203. The molecular formula is C43H75N3S. The molecule has 6 rings (SSSR count). The summed E-state index contributed by atoms with van der Waals surface area (Å²) in [5.41, 5.74) is 3.97. The predicted molar refractivity (Wildman–Crippen MR) is 220 cm³/mol. The van der Waals surface area contributed by atoms with E-state index in [2.05, 4.69) is 106 Å². The van der Waals surface area contributed by atoms with E-state index < -0.39 is 0 Å². The molecule has 0 radical (unpaired) electrons. The van der Waals surface area contributed by atoms with Crippen LogP contribution in [0.5, 0.6) is 0 Å². The van der Waals surface area contributed by atoms with Gasteiger partial charge >= 0.3 is 0 Å². The molecule has 0 aliphatic carbocycles. The van der Waals surface area contributed by atoms with Crippen molar-refractivity contribution in [3.63, 3.8) is 0 Å². The van der Waals surface area contributed by atoms with Gasteiger partial charge in [0.1, 0.15) is 0 Å². The Morgan fingerprint density at radius 2 is 0.702 bits per heavy atom. The first kappa shape index (κ1) is 51.1. The summed E-state index contributed by atoms with van der Waals surface area (Å²) in [4.78, 5) is 6.17. The molecule has 0 spiro atoms. The molecular weight excluding hydrogens is 591 g/mol. The van der Waals surface area contributed by atoms with Gasteiger partial charge in [-0.05, 0) is 105 Å². The monoisotopic (exact) mass is 666 g/mol. The zero-order valence-electron chi connectivity index (χ0n) is 31.5. The minimum absolute atomic E-state index is 0. The highest BCUT2D eigenvalue weighted by Gasteiger charge is 2.03. The molecule has 268 valence electrons. The molecule has 2 aliphatic rings. The minimum Gasteiger partial charge on any atom is -0.344 e. The molecule has 2 fully saturated rings. The average molecular weight is 666 g/mol. The first-order valence-electron chi connectivity index (χ1n) is 17.3. The Kier molecular flexibility index (Phi) is 42.8. The normalized spacial score (nSPS) is 12.8. The number of hydrogen-bond donors (Lipinski definition) is 1. The fourth-order valence-corrected chi connectivity index (χ4v) is 4.60. The number of likely N-dealkylation sites (tertiary alicyclic amines) is 2. The van der Waals surface area contributed by atoms with Crippen LogP contribution in [-0.4, -0.2) is 50.1 Å². The van der Waals surface area contributed by atoms with E-state index in [9.17, 15) is 0 Å². The van der Waals surface area contributed by atoms with Crippen LogP contribution in [0.3, 0.4) is 0 Å². The van der Waals surface area contributed by atoms with Crippen molar-refractivity contribution >= 4 is 11.3 Å². The number of benzene rings is 3. The summed E-state index contributed by atoms with van der Waals surface area (Å²) in [6, 6.07) is 34.9. The lowest BCUT2D eigenvalue weighted by Crippen LogP contribution is -2.24. The van der Waals surface area contributed by atoms with Gasteiger partial charge < -0.3 is 16.0 Å². The molecule has 47 heavy (non-hydrogen) atoms. The number of hydrogen-bond acceptors (Lipinski definition) is 4. The summed E-state index contributed by atoms with van der Waals surface area (Å²) in [7, 11) is 4.39. The van der Waals surface area contributed by atoms with Gasteiger partial charge in [-0.1, -0.05) is 162 Å². The average Bonchev–Trinajstić information content (AvgIpc) is 3.57. The van der Waals surface area contributed by atoms with E-state index in [-0.39, 0.29) is 13.6 Å². The van der Waals surface area contributed by atoms with Crippen molar-refractivity contribution in [2.24, 2.45) is 0 Å². The van der Waals surface area contributed by atoms with Crippen molar-refractivity contribution in [2.45, 2.75) is 101 Å². The van der Waals surface area contributed by atoms with Gasteiger partial charge in [0.2, 0.25) is 0 Å². The molecule has 4 aromatic rings. The largest absolute Gasteiger partial charge is 0.344 e. The molecule has 3 nitrogen and oxygen atoms in total. The van der Waals surface area contributed by atoms with Gasteiger partial charge in [0.25, 0.3) is 0 Å². The second kappa shape index (κ2) is 39.4. The van der Waals surface area contributed by atoms with Crippen LogP contribution < -0.4 is 6.15 Å². The Bertz CT molecular complexity index is 937. The summed E-state index contributed by atoms with van der Waals surface area (Å²) in [6.07, 6.45) is 8.55. The van der Waals surface area contributed by atoms with E-state index in [1.165, 1.54) is 86.3 Å². The van der Waals surface area contributed by atoms with Crippen molar-refractivity contribution in [3.8, 4) is 0 Å². The Morgan fingerprint density at radius 1 is 0.426 bits per heavy atom. The highest BCUT2D eigenvalue weighted by atomic mass is 32.1. The Morgan fingerprint density at radius 3 is 0.809 bits per heavy atom. The second-order valence-corrected chi connectivity index (χ2v) is 12.1. The lowest BCUT2D eigenvalue weighted by Gasteiger charge is -2.20. The molecule has 0 atom stereocenters. The van der Waals surface area contributed by atoms with Crippen LogP contribution in [-0.2, 0) is 0 Å². The van der Waals surface area contributed by atoms with Crippen LogP contribution in [0, 0.1) is 27.7 Å². The van der Waals surface area contributed by atoms with Crippen LogP contribution in [0.15, 0.2) is 109 Å². The number of rotatable bonds is 0. The third-order valence-electron chi connectivity index (χ3n) is 6.64. The number of nitrogens with zero attached hydrogens (tertiary/aromatic N) is 2. The predicted octanol–water partition coefficient (Wildman–Crippen LogP) is 13.1. The zero-order chi connectivity index (χ0) is 34.0. The van der Waals surface area contributed by atoms with E-state index in [0.717, 1.165) is 0 Å². The van der Waals surface area contributed by atoms with Crippen LogP contribution in [0.25, 0.3) is 0 Å².